The lowest BCUT2D eigenvalue weighted by Gasteiger charge is -2.11. The van der Waals surface area contributed by atoms with Crippen LogP contribution in [0.25, 0.3) is 10.2 Å². The number of thiazole rings is 1. The van der Waals surface area contributed by atoms with Gasteiger partial charge >= 0.3 is 0 Å². The molecule has 3 aromatic rings. The number of unbranched alkanes of at least 4 members (excludes halogenated alkanes) is 1. The maximum Gasteiger partial charge on any atom is 0.239 e. The minimum Gasteiger partial charge on any atom is -0.494 e. The van der Waals surface area contributed by atoms with Crippen molar-refractivity contribution in [1.82, 2.24) is 4.98 Å². The minimum absolute atomic E-state index is 0.0270. The Labute approximate surface area is 190 Å². The summed E-state index contributed by atoms with van der Waals surface area (Å²) >= 11 is 2.89. The van der Waals surface area contributed by atoms with E-state index in [0.29, 0.717) is 18.2 Å². The molecule has 0 aliphatic rings. The number of aromatic nitrogens is 1. The Kier molecular flexibility index (Phi) is 8.31. The molecule has 1 heterocycles. The second-order valence-electron chi connectivity index (χ2n) is 7.01. The zero-order valence-corrected chi connectivity index (χ0v) is 19.6. The van der Waals surface area contributed by atoms with E-state index in [2.05, 4.69) is 22.5 Å². The maximum atomic E-state index is 12.6. The number of ether oxygens (including phenoxy) is 1. The summed E-state index contributed by atoms with van der Waals surface area (Å²) in [7, 11) is 0. The number of anilines is 2. The molecule has 8 heteroatoms. The maximum absolute atomic E-state index is 12.6. The molecule has 164 valence electrons. The van der Waals surface area contributed by atoms with Crippen molar-refractivity contribution >= 4 is 55.9 Å². The molecule has 2 amide bonds. The van der Waals surface area contributed by atoms with Crippen molar-refractivity contribution in [3.63, 3.8) is 0 Å². The molecule has 1 unspecified atom stereocenters. The zero-order chi connectivity index (χ0) is 22.2. The van der Waals surface area contributed by atoms with Crippen LogP contribution in [0, 0.1) is 0 Å². The molecule has 0 aliphatic heterocycles. The Hall–Kier alpha value is -2.58. The van der Waals surface area contributed by atoms with Gasteiger partial charge in [-0.15, -0.1) is 11.8 Å². The smallest absolute Gasteiger partial charge is 0.239 e. The van der Waals surface area contributed by atoms with Crippen LogP contribution in [0.5, 0.6) is 5.75 Å². The summed E-state index contributed by atoms with van der Waals surface area (Å²) in [6.45, 7) is 6.47. The van der Waals surface area contributed by atoms with Crippen molar-refractivity contribution in [2.45, 2.75) is 50.2 Å². The van der Waals surface area contributed by atoms with Crippen molar-refractivity contribution in [2.75, 3.05) is 17.2 Å². The molecule has 0 aliphatic carbocycles. The fourth-order valence-electron chi connectivity index (χ4n) is 2.86. The van der Waals surface area contributed by atoms with Gasteiger partial charge in [0.25, 0.3) is 0 Å². The lowest BCUT2D eigenvalue weighted by molar-refractivity contribution is -0.116. The number of fused-ring (bicyclic) bond motifs is 1. The van der Waals surface area contributed by atoms with Gasteiger partial charge in [-0.2, -0.15) is 0 Å². The highest BCUT2D eigenvalue weighted by Gasteiger charge is 2.17. The highest BCUT2D eigenvalue weighted by atomic mass is 32.2. The summed E-state index contributed by atoms with van der Waals surface area (Å²) in [5, 5.41) is 6.08. The molecule has 6 nitrogen and oxygen atoms in total. The monoisotopic (exact) mass is 457 g/mol. The molecule has 3 rings (SSSR count). The third kappa shape index (κ3) is 6.70. The van der Waals surface area contributed by atoms with E-state index in [4.69, 9.17) is 4.74 Å². The number of amides is 2. The van der Waals surface area contributed by atoms with Gasteiger partial charge in [0, 0.05) is 17.0 Å². The van der Waals surface area contributed by atoms with Gasteiger partial charge in [0.15, 0.2) is 5.13 Å². The van der Waals surface area contributed by atoms with Crippen LogP contribution in [-0.4, -0.2) is 28.7 Å². The van der Waals surface area contributed by atoms with E-state index >= 15 is 0 Å². The Balaban J connectivity index is 1.55. The first-order valence-corrected chi connectivity index (χ1v) is 12.1. The highest BCUT2D eigenvalue weighted by molar-refractivity contribution is 8.00. The molecule has 2 N–H and O–H groups in total. The second-order valence-corrected chi connectivity index (χ2v) is 9.45. The van der Waals surface area contributed by atoms with Crippen molar-refractivity contribution in [3.8, 4) is 5.75 Å². The fourth-order valence-corrected chi connectivity index (χ4v) is 4.62. The van der Waals surface area contributed by atoms with E-state index in [1.165, 1.54) is 23.1 Å². The van der Waals surface area contributed by atoms with E-state index in [-0.39, 0.29) is 17.1 Å². The highest BCUT2D eigenvalue weighted by Crippen LogP contribution is 2.31. The van der Waals surface area contributed by atoms with Gasteiger partial charge in [-0.25, -0.2) is 4.98 Å². The number of thioether (sulfide) groups is 1. The van der Waals surface area contributed by atoms with Crippen LogP contribution in [-0.2, 0) is 9.59 Å². The predicted molar refractivity (Wildman–Crippen MR) is 129 cm³/mol. The van der Waals surface area contributed by atoms with E-state index in [9.17, 15) is 9.59 Å². The quantitative estimate of drug-likeness (QED) is 0.368. The molecular formula is C23H27N3O3S2. The number of hydrogen-bond acceptors (Lipinski definition) is 6. The molecule has 0 bridgehead atoms. The molecule has 0 spiro atoms. The third-order valence-corrected chi connectivity index (χ3v) is 6.52. The van der Waals surface area contributed by atoms with E-state index in [0.717, 1.165) is 39.4 Å². The first kappa shape index (κ1) is 23.1. The van der Waals surface area contributed by atoms with E-state index in [1.807, 2.05) is 56.3 Å². The summed E-state index contributed by atoms with van der Waals surface area (Å²) in [6.07, 6.45) is 2.41. The molecule has 2 aromatic carbocycles. The van der Waals surface area contributed by atoms with Gasteiger partial charge in [0.2, 0.25) is 11.8 Å². The fraction of sp³-hybridized carbons (Fsp3) is 0.348. The molecule has 0 radical (unpaired) electrons. The zero-order valence-electron chi connectivity index (χ0n) is 17.9. The number of rotatable bonds is 10. The van der Waals surface area contributed by atoms with Crippen molar-refractivity contribution in [3.05, 3.63) is 42.5 Å². The predicted octanol–water partition coefficient (Wildman–Crippen LogP) is 5.94. The van der Waals surface area contributed by atoms with Crippen LogP contribution in [0.15, 0.2) is 47.4 Å². The van der Waals surface area contributed by atoms with Gasteiger partial charge in [0.1, 0.15) is 5.75 Å². The van der Waals surface area contributed by atoms with Gasteiger partial charge in [-0.1, -0.05) is 24.7 Å². The van der Waals surface area contributed by atoms with Crippen molar-refractivity contribution < 1.29 is 14.3 Å². The Bertz CT molecular complexity index is 1030. The molecule has 0 saturated carbocycles. The van der Waals surface area contributed by atoms with Gasteiger partial charge in [0.05, 0.1) is 22.1 Å². The van der Waals surface area contributed by atoms with Crippen LogP contribution in [0.1, 0.15) is 40.0 Å². The summed E-state index contributed by atoms with van der Waals surface area (Å²) in [4.78, 5) is 29.9. The number of carbonyl (C=O) groups excluding carboxylic acids is 2. The summed E-state index contributed by atoms with van der Waals surface area (Å²) < 4.78 is 6.49. The lowest BCUT2D eigenvalue weighted by Crippen LogP contribution is -2.22. The summed E-state index contributed by atoms with van der Waals surface area (Å²) in [6, 6.07) is 13.3. The van der Waals surface area contributed by atoms with Gasteiger partial charge in [-0.05, 0) is 62.7 Å². The van der Waals surface area contributed by atoms with E-state index < -0.39 is 0 Å². The molecule has 31 heavy (non-hydrogen) atoms. The van der Waals surface area contributed by atoms with Crippen molar-refractivity contribution in [2.24, 2.45) is 0 Å². The number of nitrogens with one attached hydrogen (secondary N) is 2. The van der Waals surface area contributed by atoms with Crippen LogP contribution in [0.4, 0.5) is 10.8 Å². The second kappa shape index (κ2) is 11.2. The number of hydrogen-bond donors (Lipinski definition) is 2. The SMILES string of the molecule is CCCCC(=O)Nc1ccc(SC(C)C(=O)Nc2nc3ccc(OCC)cc3s2)cc1. The molecule has 1 atom stereocenters. The Morgan fingerprint density at radius 3 is 2.61 bits per heavy atom. The average Bonchev–Trinajstić information content (AvgIpc) is 3.15. The largest absolute Gasteiger partial charge is 0.494 e. The Morgan fingerprint density at radius 1 is 1.13 bits per heavy atom. The van der Waals surface area contributed by atoms with Crippen LogP contribution >= 0.6 is 23.1 Å². The lowest BCUT2D eigenvalue weighted by atomic mass is 10.2. The first-order chi connectivity index (χ1) is 15.0. The molecule has 0 fully saturated rings. The van der Waals surface area contributed by atoms with Gasteiger partial charge in [-0.3, -0.25) is 9.59 Å². The summed E-state index contributed by atoms with van der Waals surface area (Å²) in [5.41, 5.74) is 1.60. The Morgan fingerprint density at radius 2 is 1.90 bits per heavy atom. The molecule has 1 aromatic heterocycles. The van der Waals surface area contributed by atoms with Gasteiger partial charge < -0.3 is 15.4 Å². The first-order valence-electron chi connectivity index (χ1n) is 10.4. The number of nitrogens with zero attached hydrogens (tertiary/aromatic N) is 1. The minimum atomic E-state index is -0.295. The average molecular weight is 458 g/mol. The normalized spacial score (nSPS) is 11.8. The van der Waals surface area contributed by atoms with Crippen LogP contribution in [0.2, 0.25) is 0 Å². The molecular weight excluding hydrogens is 430 g/mol. The van der Waals surface area contributed by atoms with Crippen LogP contribution in [0.3, 0.4) is 0 Å². The summed E-state index contributed by atoms with van der Waals surface area (Å²) in [5.74, 6) is 0.718. The topological polar surface area (TPSA) is 80.3 Å². The standard InChI is InChI=1S/C23H27N3O3S2/c1-4-6-7-21(27)24-16-8-11-18(12-9-16)30-15(3)22(28)26-23-25-19-13-10-17(29-5-2)14-20(19)31-23/h8-15H,4-7H2,1-3H3,(H,24,27)(H,25,26,28). The number of carbonyl (C=O) groups is 2. The third-order valence-electron chi connectivity index (χ3n) is 4.48. The number of benzene rings is 2. The van der Waals surface area contributed by atoms with Crippen LogP contribution < -0.4 is 15.4 Å². The van der Waals surface area contributed by atoms with E-state index in [1.54, 1.807) is 0 Å². The van der Waals surface area contributed by atoms with Crippen molar-refractivity contribution in [1.29, 1.82) is 0 Å². The molecule has 0 saturated heterocycles.